The molecule has 0 saturated carbocycles. The van der Waals surface area contributed by atoms with Crippen molar-refractivity contribution in [3.63, 3.8) is 0 Å². The van der Waals surface area contributed by atoms with Crippen molar-refractivity contribution < 1.29 is 26.3 Å². The fourth-order valence-corrected chi connectivity index (χ4v) is 5.14. The number of hydrogen-bond donors (Lipinski definition) is 1. The van der Waals surface area contributed by atoms with E-state index < -0.39 is 20.0 Å². The first-order valence-corrected chi connectivity index (χ1v) is 12.0. The second-order valence-electron chi connectivity index (χ2n) is 6.74. The lowest BCUT2D eigenvalue weighted by Gasteiger charge is -2.27. The molecule has 0 atom stereocenters. The van der Waals surface area contributed by atoms with E-state index in [9.17, 15) is 16.8 Å². The van der Waals surface area contributed by atoms with Gasteiger partial charge in [0.05, 0.1) is 11.2 Å². The van der Waals surface area contributed by atoms with Crippen LogP contribution in [0.4, 0.5) is 5.69 Å². The molecule has 2 aromatic carbocycles. The summed E-state index contributed by atoms with van der Waals surface area (Å²) >= 11 is 0. The summed E-state index contributed by atoms with van der Waals surface area (Å²) in [4.78, 5) is 0.0623. The molecule has 0 spiro atoms. The Balaban J connectivity index is 1.59. The van der Waals surface area contributed by atoms with Crippen molar-refractivity contribution in [2.45, 2.75) is 17.9 Å². The van der Waals surface area contributed by atoms with Gasteiger partial charge in [-0.25, -0.2) is 16.8 Å². The second-order valence-corrected chi connectivity index (χ2v) is 10.4. The minimum Gasteiger partial charge on any atom is -0.486 e. The van der Waals surface area contributed by atoms with Crippen LogP contribution in [0, 0.1) is 0 Å². The Morgan fingerprint density at radius 2 is 1.68 bits per heavy atom. The van der Waals surface area contributed by atoms with Gasteiger partial charge in [-0.15, -0.1) is 0 Å². The lowest BCUT2D eigenvalue weighted by Crippen LogP contribution is -2.35. The van der Waals surface area contributed by atoms with Crippen molar-refractivity contribution in [3.05, 3.63) is 47.5 Å². The van der Waals surface area contributed by atoms with Gasteiger partial charge in [0, 0.05) is 24.8 Å². The fourth-order valence-electron chi connectivity index (χ4n) is 3.28. The quantitative estimate of drug-likeness (QED) is 0.800. The highest BCUT2D eigenvalue weighted by molar-refractivity contribution is 7.92. The molecule has 10 heteroatoms. The zero-order chi connectivity index (χ0) is 19.9. The van der Waals surface area contributed by atoms with Crippen molar-refractivity contribution in [3.8, 4) is 11.5 Å². The van der Waals surface area contributed by atoms with Gasteiger partial charge >= 0.3 is 0 Å². The third-order valence-electron chi connectivity index (χ3n) is 4.73. The number of fused-ring (bicyclic) bond motifs is 2. The first kappa shape index (κ1) is 19.0. The maximum Gasteiger partial charge on any atom is 0.262 e. The first-order chi connectivity index (χ1) is 13.2. The molecule has 4 rings (SSSR count). The van der Waals surface area contributed by atoms with E-state index in [1.807, 2.05) is 6.07 Å². The van der Waals surface area contributed by atoms with Gasteiger partial charge in [0.2, 0.25) is 10.0 Å². The number of benzene rings is 2. The maximum absolute atomic E-state index is 12.8. The average Bonchev–Trinajstić information content (AvgIpc) is 2.66. The lowest BCUT2D eigenvalue weighted by molar-refractivity contribution is 0.171. The molecule has 0 bridgehead atoms. The van der Waals surface area contributed by atoms with Crippen LogP contribution >= 0.6 is 0 Å². The van der Waals surface area contributed by atoms with E-state index in [0.29, 0.717) is 43.4 Å². The Hall–Kier alpha value is -2.30. The molecule has 0 aromatic heterocycles. The van der Waals surface area contributed by atoms with Gasteiger partial charge in [0.15, 0.2) is 11.5 Å². The minimum absolute atomic E-state index is 0.0623. The van der Waals surface area contributed by atoms with Crippen LogP contribution in [-0.2, 0) is 33.0 Å². The van der Waals surface area contributed by atoms with E-state index in [-0.39, 0.29) is 11.4 Å². The molecule has 0 aliphatic carbocycles. The molecule has 1 N–H and O–H groups in total. The van der Waals surface area contributed by atoms with Gasteiger partial charge in [-0.1, -0.05) is 6.07 Å². The Morgan fingerprint density at radius 3 is 2.43 bits per heavy atom. The number of nitrogens with one attached hydrogen (secondary N) is 1. The normalized spacial score (nSPS) is 17.0. The van der Waals surface area contributed by atoms with Crippen LogP contribution in [-0.4, -0.2) is 47.2 Å². The summed E-state index contributed by atoms with van der Waals surface area (Å²) < 4.78 is 63.9. The molecular formula is C18H20N2O6S2. The third kappa shape index (κ3) is 3.80. The monoisotopic (exact) mass is 424 g/mol. The van der Waals surface area contributed by atoms with Gasteiger partial charge in [0.1, 0.15) is 13.2 Å². The Morgan fingerprint density at radius 1 is 0.929 bits per heavy atom. The zero-order valence-corrected chi connectivity index (χ0v) is 16.8. The van der Waals surface area contributed by atoms with Crippen LogP contribution in [0.25, 0.3) is 0 Å². The average molecular weight is 425 g/mol. The Kier molecular flexibility index (Phi) is 4.72. The van der Waals surface area contributed by atoms with Crippen LogP contribution in [0.2, 0.25) is 0 Å². The predicted molar refractivity (Wildman–Crippen MR) is 104 cm³/mol. The van der Waals surface area contributed by atoms with Crippen LogP contribution in [0.15, 0.2) is 41.3 Å². The fraction of sp³-hybridized carbons (Fsp3) is 0.333. The summed E-state index contributed by atoms with van der Waals surface area (Å²) in [5.74, 6) is 0.906. The van der Waals surface area contributed by atoms with E-state index in [0.717, 1.165) is 11.1 Å². The number of rotatable bonds is 4. The highest BCUT2D eigenvalue weighted by atomic mass is 32.2. The van der Waals surface area contributed by atoms with E-state index >= 15 is 0 Å². The van der Waals surface area contributed by atoms with Crippen molar-refractivity contribution >= 4 is 25.7 Å². The van der Waals surface area contributed by atoms with Gasteiger partial charge in [-0.05, 0) is 41.8 Å². The maximum atomic E-state index is 12.8. The molecule has 0 amide bonds. The summed E-state index contributed by atoms with van der Waals surface area (Å²) in [7, 11) is -7.13. The molecule has 0 saturated heterocycles. The first-order valence-electron chi connectivity index (χ1n) is 8.72. The number of nitrogens with zero attached hydrogens (tertiary/aromatic N) is 1. The van der Waals surface area contributed by atoms with Gasteiger partial charge in [0.25, 0.3) is 10.0 Å². The highest BCUT2D eigenvalue weighted by Crippen LogP contribution is 2.33. The molecule has 2 aliphatic rings. The van der Waals surface area contributed by atoms with E-state index in [2.05, 4.69) is 4.72 Å². The summed E-state index contributed by atoms with van der Waals surface area (Å²) in [6, 6.07) is 9.66. The standard InChI is InChI=1S/C18H20N2O6S2/c1-27(21,22)20-7-6-13-2-3-15(10-14(13)12-20)19-28(23,24)16-4-5-17-18(11-16)26-9-8-25-17/h2-5,10-11,19H,6-9,12H2,1H3. The van der Waals surface area contributed by atoms with Crippen molar-refractivity contribution in [1.29, 1.82) is 0 Å². The molecular weight excluding hydrogens is 404 g/mol. The summed E-state index contributed by atoms with van der Waals surface area (Å²) in [5.41, 5.74) is 2.19. The molecule has 8 nitrogen and oxygen atoms in total. The summed E-state index contributed by atoms with van der Waals surface area (Å²) in [6.45, 7) is 1.45. The van der Waals surface area contributed by atoms with E-state index in [4.69, 9.17) is 9.47 Å². The summed E-state index contributed by atoms with van der Waals surface area (Å²) in [6.07, 6.45) is 1.77. The molecule has 150 valence electrons. The third-order valence-corrected chi connectivity index (χ3v) is 7.36. The zero-order valence-electron chi connectivity index (χ0n) is 15.2. The van der Waals surface area contributed by atoms with E-state index in [1.165, 1.54) is 22.7 Å². The van der Waals surface area contributed by atoms with Crippen molar-refractivity contribution in [2.75, 3.05) is 30.7 Å². The molecule has 2 aliphatic heterocycles. The minimum atomic E-state index is -3.83. The van der Waals surface area contributed by atoms with Crippen molar-refractivity contribution in [1.82, 2.24) is 4.31 Å². The van der Waals surface area contributed by atoms with Crippen molar-refractivity contribution in [2.24, 2.45) is 0 Å². The number of ether oxygens (including phenoxy) is 2. The van der Waals surface area contributed by atoms with Crippen LogP contribution < -0.4 is 14.2 Å². The number of anilines is 1. The van der Waals surface area contributed by atoms with E-state index in [1.54, 1.807) is 18.2 Å². The molecule has 0 unspecified atom stereocenters. The topological polar surface area (TPSA) is 102 Å². The number of hydrogen-bond acceptors (Lipinski definition) is 6. The van der Waals surface area contributed by atoms with Crippen LogP contribution in [0.3, 0.4) is 0 Å². The van der Waals surface area contributed by atoms with Gasteiger partial charge in [-0.3, -0.25) is 4.72 Å². The Bertz CT molecular complexity index is 1130. The molecule has 2 aromatic rings. The SMILES string of the molecule is CS(=O)(=O)N1CCc2ccc(NS(=O)(=O)c3ccc4c(c3)OCCO4)cc2C1. The number of sulfonamides is 2. The van der Waals surface area contributed by atoms with Crippen LogP contribution in [0.5, 0.6) is 11.5 Å². The summed E-state index contributed by atoms with van der Waals surface area (Å²) in [5, 5.41) is 0. The molecule has 0 fully saturated rings. The molecule has 2 heterocycles. The second kappa shape index (κ2) is 6.94. The van der Waals surface area contributed by atoms with Gasteiger partial charge in [-0.2, -0.15) is 4.31 Å². The molecule has 28 heavy (non-hydrogen) atoms. The highest BCUT2D eigenvalue weighted by Gasteiger charge is 2.24. The largest absolute Gasteiger partial charge is 0.486 e. The Labute approximate surface area is 164 Å². The lowest BCUT2D eigenvalue weighted by atomic mass is 10.0. The molecule has 0 radical (unpaired) electrons. The van der Waals surface area contributed by atoms with Crippen LogP contribution in [0.1, 0.15) is 11.1 Å². The van der Waals surface area contributed by atoms with Gasteiger partial charge < -0.3 is 9.47 Å². The predicted octanol–water partition coefficient (Wildman–Crippen LogP) is 1.58. The smallest absolute Gasteiger partial charge is 0.262 e.